The van der Waals surface area contributed by atoms with Gasteiger partial charge < -0.3 is 25.2 Å². The molecule has 5 aliphatic heterocycles. The van der Waals surface area contributed by atoms with Gasteiger partial charge >= 0.3 is 30.8 Å². The van der Waals surface area contributed by atoms with Gasteiger partial charge in [0.25, 0.3) is 11.8 Å². The molecule has 1 aliphatic carbocycles. The van der Waals surface area contributed by atoms with Gasteiger partial charge in [-0.25, -0.2) is 4.79 Å². The SMILES string of the molecule is CC(C)(C)OC(=O)N1Cc2[nH]nc(C(=O)N3CCC(c4ccccc4C(F)(F)F)CC3)c2C1.Cl.FC(F)(F)c1ccccc1C1CCNCC1.O=C(c1n[nH]c2c1CNC2)N1CCC(c2ccccc2C(F)(F)F)CC1.O=C=O.c1n[nH]c2c1CCCC2. The van der Waals surface area contributed by atoms with Crippen molar-refractivity contribution in [2.75, 3.05) is 39.3 Å². The van der Waals surface area contributed by atoms with Gasteiger partial charge in [0.05, 0.1) is 47.4 Å². The minimum absolute atomic E-state index is 0. The second kappa shape index (κ2) is 29.6. The smallest absolute Gasteiger partial charge is 0.416 e. The summed E-state index contributed by atoms with van der Waals surface area (Å²) in [6.07, 6.45) is -2.67. The Bertz CT molecular complexity index is 3310. The maximum atomic E-state index is 13.4. The molecule has 0 bridgehead atoms. The van der Waals surface area contributed by atoms with Gasteiger partial charge in [0.15, 0.2) is 11.4 Å². The lowest BCUT2D eigenvalue weighted by Gasteiger charge is -2.33. The molecule has 0 radical (unpaired) electrons. The van der Waals surface area contributed by atoms with Crippen molar-refractivity contribution >= 4 is 36.5 Å². The number of rotatable bonds is 5. The molecule has 12 rings (SSSR count). The number of benzene rings is 3. The summed E-state index contributed by atoms with van der Waals surface area (Å²) in [4.78, 5) is 59.3. The lowest BCUT2D eigenvalue weighted by atomic mass is 9.86. The van der Waals surface area contributed by atoms with E-state index in [-0.39, 0.29) is 72.5 Å². The summed E-state index contributed by atoms with van der Waals surface area (Å²) >= 11 is 0. The van der Waals surface area contributed by atoms with Gasteiger partial charge in [-0.1, -0.05) is 54.6 Å². The van der Waals surface area contributed by atoms with Crippen LogP contribution in [0.3, 0.4) is 0 Å². The zero-order chi connectivity index (χ0) is 62.7. The summed E-state index contributed by atoms with van der Waals surface area (Å²) in [5.74, 6) is -0.836. The zero-order valence-electron chi connectivity index (χ0n) is 48.8. The summed E-state index contributed by atoms with van der Waals surface area (Å²) in [5.41, 5.74) is 5.46. The highest BCUT2D eigenvalue weighted by Gasteiger charge is 2.40. The molecule has 476 valence electrons. The number of aryl methyl sites for hydroxylation is 2. The molecule has 6 aromatic rings. The van der Waals surface area contributed by atoms with Crippen molar-refractivity contribution in [1.29, 1.82) is 0 Å². The second-order valence-corrected chi connectivity index (χ2v) is 23.1. The van der Waals surface area contributed by atoms with Crippen molar-refractivity contribution in [3.63, 3.8) is 0 Å². The molecule has 3 amide bonds. The third-order valence-corrected chi connectivity index (χ3v) is 16.2. The fourth-order valence-electron chi connectivity index (χ4n) is 11.9. The monoisotopic (exact) mass is 1260 g/mol. The first-order chi connectivity index (χ1) is 41.4. The maximum absolute atomic E-state index is 13.4. The summed E-state index contributed by atoms with van der Waals surface area (Å²) < 4.78 is 124. The molecule has 5 N–H and O–H groups in total. The fourth-order valence-corrected chi connectivity index (χ4v) is 11.9. The predicted molar refractivity (Wildman–Crippen MR) is 306 cm³/mol. The van der Waals surface area contributed by atoms with Crippen LogP contribution in [0.5, 0.6) is 0 Å². The standard InChI is InChI=1S/C23H27F3N4O3.C18H19F3N4O.C12H14F3N.C7H10N2.CO2.ClH/c1-22(2,3)33-21(32)30-12-16-18(13-30)27-28-19(16)20(31)29-10-8-14(9-11-29)15-6-4-5-7-17(15)23(24,25)26;19-18(20,21)14-4-2-1-3-12(14)11-5-7-25(8-6-11)17(26)16-13-9-22-10-15(13)23-24-16;13-12(14,15)11-4-2-1-3-10(11)9-5-7-16-8-6-9;1-2-4-7-6(3-1)5-8-9-7;2-1-3;/h4-7,14H,8-13H2,1-3H3,(H,27,28);1-4,11,22H,5-10H2,(H,23,24);1-4,9,16H,5-8H2;5H,1-4H2,(H,8,9);;1H. The maximum Gasteiger partial charge on any atom is 0.416 e. The number of alkyl halides is 9. The average Bonchev–Trinajstić information content (AvgIpc) is 4.23. The van der Waals surface area contributed by atoms with Crippen molar-refractivity contribution in [1.82, 2.24) is 55.9 Å². The first-order valence-electron chi connectivity index (χ1n) is 28.9. The Labute approximate surface area is 508 Å². The van der Waals surface area contributed by atoms with E-state index in [1.54, 1.807) is 60.9 Å². The molecule has 27 heteroatoms. The van der Waals surface area contributed by atoms with Crippen LogP contribution in [0.2, 0.25) is 0 Å². The number of hydrogen-bond donors (Lipinski definition) is 5. The first kappa shape index (κ1) is 68.0. The van der Waals surface area contributed by atoms with Crippen LogP contribution in [-0.4, -0.2) is 114 Å². The van der Waals surface area contributed by atoms with E-state index in [0.29, 0.717) is 93.0 Å². The number of aromatic nitrogens is 6. The lowest BCUT2D eigenvalue weighted by Crippen LogP contribution is -2.39. The number of carbonyl (C=O) groups is 3. The number of aromatic amines is 3. The Hall–Kier alpha value is -7.54. The highest BCUT2D eigenvalue weighted by molar-refractivity contribution is 5.95. The number of ether oxygens (including phenoxy) is 1. The first-order valence-corrected chi connectivity index (χ1v) is 28.9. The third-order valence-electron chi connectivity index (χ3n) is 16.2. The predicted octanol–water partition coefficient (Wildman–Crippen LogP) is 12.0. The van der Waals surface area contributed by atoms with Gasteiger partial charge in [0, 0.05) is 56.1 Å². The number of amides is 3. The third kappa shape index (κ3) is 17.2. The van der Waals surface area contributed by atoms with E-state index >= 15 is 0 Å². The molecule has 17 nitrogen and oxygen atoms in total. The van der Waals surface area contributed by atoms with Gasteiger partial charge in [0.1, 0.15) is 5.60 Å². The molecular formula is C61H71ClF9N11O6. The van der Waals surface area contributed by atoms with Gasteiger partial charge in [-0.05, 0) is 156 Å². The molecule has 0 saturated carbocycles. The van der Waals surface area contributed by atoms with Crippen molar-refractivity contribution in [2.24, 2.45) is 0 Å². The molecule has 3 aromatic carbocycles. The summed E-state index contributed by atoms with van der Waals surface area (Å²) in [6, 6.07) is 17.3. The molecule has 0 atom stereocenters. The van der Waals surface area contributed by atoms with Crippen LogP contribution in [0.15, 0.2) is 79.0 Å². The molecular weight excluding hydrogens is 1190 g/mol. The number of piperidine rings is 3. The van der Waals surface area contributed by atoms with Crippen molar-refractivity contribution in [3.05, 3.63) is 158 Å². The topological polar surface area (TPSA) is 214 Å². The number of hydrogen-bond acceptors (Lipinski definition) is 11. The highest BCUT2D eigenvalue weighted by atomic mass is 35.5. The molecule has 0 spiro atoms. The molecule has 3 fully saturated rings. The normalized spacial score (nSPS) is 17.1. The Kier molecular flexibility index (Phi) is 22.9. The Balaban J connectivity index is 0.000000177. The Morgan fingerprint density at radius 2 is 0.966 bits per heavy atom. The summed E-state index contributed by atoms with van der Waals surface area (Å²) in [7, 11) is 0. The van der Waals surface area contributed by atoms with E-state index in [2.05, 4.69) is 41.2 Å². The van der Waals surface area contributed by atoms with Crippen molar-refractivity contribution < 1.29 is 68.2 Å². The van der Waals surface area contributed by atoms with E-state index in [0.717, 1.165) is 49.3 Å². The zero-order valence-corrected chi connectivity index (χ0v) is 49.6. The number of halogens is 10. The van der Waals surface area contributed by atoms with Gasteiger partial charge in [-0.2, -0.15) is 64.4 Å². The lowest BCUT2D eigenvalue weighted by molar-refractivity contribution is -0.191. The quantitative estimate of drug-likeness (QED) is 0.102. The van der Waals surface area contributed by atoms with Gasteiger partial charge in [-0.3, -0.25) is 29.8 Å². The summed E-state index contributed by atoms with van der Waals surface area (Å²) in [6.45, 7) is 10.3. The highest BCUT2D eigenvalue weighted by Crippen LogP contribution is 2.42. The number of nitrogens with zero attached hydrogens (tertiary/aromatic N) is 6. The summed E-state index contributed by atoms with van der Waals surface area (Å²) in [5, 5.41) is 27.3. The molecule has 88 heavy (non-hydrogen) atoms. The molecule has 3 saturated heterocycles. The molecule has 8 heterocycles. The van der Waals surface area contributed by atoms with Crippen molar-refractivity contribution in [2.45, 2.75) is 153 Å². The van der Waals surface area contributed by atoms with E-state index in [1.165, 1.54) is 72.2 Å². The minimum atomic E-state index is -4.40. The van der Waals surface area contributed by atoms with Crippen LogP contribution in [0.1, 0.15) is 178 Å². The van der Waals surface area contributed by atoms with E-state index in [4.69, 9.17) is 14.3 Å². The van der Waals surface area contributed by atoms with Gasteiger partial charge in [0.2, 0.25) is 0 Å². The molecule has 0 unspecified atom stereocenters. The van der Waals surface area contributed by atoms with Crippen molar-refractivity contribution in [3.8, 4) is 0 Å². The van der Waals surface area contributed by atoms with Crippen LogP contribution in [0.4, 0.5) is 44.3 Å². The van der Waals surface area contributed by atoms with Crippen LogP contribution in [0.25, 0.3) is 0 Å². The van der Waals surface area contributed by atoms with E-state index < -0.39 is 46.9 Å². The number of carbonyl (C=O) groups excluding carboxylic acids is 5. The number of fused-ring (bicyclic) bond motifs is 3. The van der Waals surface area contributed by atoms with Crippen LogP contribution in [0, 0.1) is 0 Å². The number of likely N-dealkylation sites (tertiary alicyclic amines) is 2. The number of H-pyrrole nitrogens is 3. The van der Waals surface area contributed by atoms with Gasteiger partial charge in [-0.15, -0.1) is 12.4 Å². The van der Waals surface area contributed by atoms with Crippen LogP contribution >= 0.6 is 12.4 Å². The van der Waals surface area contributed by atoms with E-state index in [1.807, 2.05) is 6.20 Å². The van der Waals surface area contributed by atoms with Crippen LogP contribution < -0.4 is 10.6 Å². The van der Waals surface area contributed by atoms with E-state index in [9.17, 15) is 53.9 Å². The number of nitrogens with one attached hydrogen (secondary N) is 5. The molecule has 6 aliphatic rings. The minimum Gasteiger partial charge on any atom is -0.444 e. The molecule has 3 aromatic heterocycles. The average molecular weight is 1260 g/mol. The Morgan fingerprint density at radius 1 is 0.534 bits per heavy atom. The largest absolute Gasteiger partial charge is 0.444 e. The second-order valence-electron chi connectivity index (χ2n) is 23.1. The fraction of sp³-hybridized carbons (Fsp3) is 0.492. The Morgan fingerprint density at radius 3 is 1.42 bits per heavy atom. The van der Waals surface area contributed by atoms with Crippen LogP contribution in [-0.2, 0) is 71.9 Å².